The largest absolute Gasteiger partial charge is 0.271 e. The maximum Gasteiger partial charge on any atom is 0.162 e. The lowest BCUT2D eigenvalue weighted by atomic mass is 10.0. The predicted molar refractivity (Wildman–Crippen MR) is 76.5 cm³/mol. The van der Waals surface area contributed by atoms with Crippen molar-refractivity contribution in [3.63, 3.8) is 0 Å². The Morgan fingerprint density at radius 3 is 2.65 bits per heavy atom. The molecular weight excluding hydrogens is 280 g/mol. The van der Waals surface area contributed by atoms with Gasteiger partial charge in [0.15, 0.2) is 11.6 Å². The minimum atomic E-state index is -0.834. The molecule has 0 radical (unpaired) electrons. The van der Waals surface area contributed by atoms with Crippen molar-refractivity contribution in [2.24, 2.45) is 5.84 Å². The lowest BCUT2D eigenvalue weighted by Gasteiger charge is -2.15. The molecule has 0 aliphatic carbocycles. The quantitative estimate of drug-likeness (QED) is 0.659. The van der Waals surface area contributed by atoms with Crippen LogP contribution in [0.5, 0.6) is 0 Å². The number of halogens is 2. The molecule has 1 heterocycles. The van der Waals surface area contributed by atoms with Crippen molar-refractivity contribution in [1.82, 2.24) is 10.4 Å². The Balaban J connectivity index is 2.11. The second-order valence-corrected chi connectivity index (χ2v) is 6.02. The van der Waals surface area contributed by atoms with Crippen LogP contribution in [0, 0.1) is 25.5 Å². The van der Waals surface area contributed by atoms with Crippen molar-refractivity contribution >= 4 is 11.3 Å². The number of hydrogen-bond acceptors (Lipinski definition) is 4. The van der Waals surface area contributed by atoms with E-state index >= 15 is 0 Å². The smallest absolute Gasteiger partial charge is 0.162 e. The molecule has 0 aliphatic heterocycles. The third-order valence-corrected chi connectivity index (χ3v) is 4.32. The molecule has 2 aromatic rings. The normalized spacial score (nSPS) is 12.7. The predicted octanol–water partition coefficient (Wildman–Crippen LogP) is 2.66. The summed E-state index contributed by atoms with van der Waals surface area (Å²) in [7, 11) is 0. The van der Waals surface area contributed by atoms with Crippen LogP contribution >= 0.6 is 11.3 Å². The van der Waals surface area contributed by atoms with Crippen molar-refractivity contribution in [3.8, 4) is 0 Å². The van der Waals surface area contributed by atoms with Gasteiger partial charge in [0, 0.05) is 17.3 Å². The van der Waals surface area contributed by atoms with E-state index < -0.39 is 11.6 Å². The number of hydrazine groups is 1. The average molecular weight is 297 g/mol. The number of nitrogens with zero attached hydrogens (tertiary/aromatic N) is 1. The summed E-state index contributed by atoms with van der Waals surface area (Å²) in [6.45, 7) is 3.96. The number of nitrogens with one attached hydrogen (secondary N) is 1. The van der Waals surface area contributed by atoms with Crippen molar-refractivity contribution in [2.75, 3.05) is 0 Å². The summed E-state index contributed by atoms with van der Waals surface area (Å²) in [4.78, 5) is 5.59. The zero-order valence-electron chi connectivity index (χ0n) is 11.4. The standard InChI is InChI=1S/C14H17F2N3S/c1-8-9(2)20-13(18-8)7-11(19-17)6-10-4-3-5-12(15)14(10)16/h3-5,11,19H,6-7,17H2,1-2H3. The summed E-state index contributed by atoms with van der Waals surface area (Å²) in [5.41, 5.74) is 3.97. The zero-order valence-corrected chi connectivity index (χ0v) is 12.2. The number of aromatic nitrogens is 1. The maximum absolute atomic E-state index is 13.6. The first-order valence-corrected chi connectivity index (χ1v) is 7.14. The number of rotatable bonds is 5. The number of hydrogen-bond donors (Lipinski definition) is 2. The number of aryl methyl sites for hydroxylation is 2. The van der Waals surface area contributed by atoms with E-state index in [9.17, 15) is 8.78 Å². The maximum atomic E-state index is 13.6. The van der Waals surface area contributed by atoms with Gasteiger partial charge in [0.25, 0.3) is 0 Å². The topological polar surface area (TPSA) is 50.9 Å². The molecule has 0 spiro atoms. The highest BCUT2D eigenvalue weighted by molar-refractivity contribution is 7.11. The number of nitrogens with two attached hydrogens (primary N) is 1. The van der Waals surface area contributed by atoms with Gasteiger partial charge in [-0.05, 0) is 31.9 Å². The van der Waals surface area contributed by atoms with Gasteiger partial charge in [-0.2, -0.15) is 0 Å². The van der Waals surface area contributed by atoms with Gasteiger partial charge in [0.2, 0.25) is 0 Å². The van der Waals surface area contributed by atoms with Crippen molar-refractivity contribution < 1.29 is 8.78 Å². The van der Waals surface area contributed by atoms with Gasteiger partial charge in [-0.3, -0.25) is 11.3 Å². The molecule has 108 valence electrons. The van der Waals surface area contributed by atoms with Crippen LogP contribution in [0.4, 0.5) is 8.78 Å². The minimum Gasteiger partial charge on any atom is -0.271 e. The summed E-state index contributed by atoms with van der Waals surface area (Å²) in [6, 6.07) is 3.99. The van der Waals surface area contributed by atoms with E-state index in [1.807, 2.05) is 13.8 Å². The molecule has 0 saturated heterocycles. The van der Waals surface area contributed by atoms with Crippen LogP contribution in [-0.4, -0.2) is 11.0 Å². The fourth-order valence-corrected chi connectivity index (χ4v) is 3.01. The zero-order chi connectivity index (χ0) is 14.7. The van der Waals surface area contributed by atoms with Crippen molar-refractivity contribution in [3.05, 3.63) is 51.0 Å². The molecular formula is C14H17F2N3S. The van der Waals surface area contributed by atoms with Crippen LogP contribution in [0.15, 0.2) is 18.2 Å². The molecule has 0 fully saturated rings. The van der Waals surface area contributed by atoms with E-state index in [1.54, 1.807) is 17.4 Å². The van der Waals surface area contributed by atoms with Gasteiger partial charge in [-0.25, -0.2) is 13.8 Å². The first-order chi connectivity index (χ1) is 9.51. The summed E-state index contributed by atoms with van der Waals surface area (Å²) in [5, 5.41) is 0.944. The van der Waals surface area contributed by atoms with Gasteiger partial charge < -0.3 is 0 Å². The highest BCUT2D eigenvalue weighted by atomic mass is 32.1. The van der Waals surface area contributed by atoms with Crippen LogP contribution < -0.4 is 11.3 Å². The van der Waals surface area contributed by atoms with Gasteiger partial charge >= 0.3 is 0 Å². The van der Waals surface area contributed by atoms with Crippen LogP contribution in [0.25, 0.3) is 0 Å². The molecule has 1 atom stereocenters. The van der Waals surface area contributed by atoms with E-state index in [0.717, 1.165) is 21.6 Å². The lowest BCUT2D eigenvalue weighted by Crippen LogP contribution is -2.38. The number of thiazole rings is 1. The van der Waals surface area contributed by atoms with Crippen LogP contribution in [0.2, 0.25) is 0 Å². The van der Waals surface area contributed by atoms with Crippen LogP contribution in [0.3, 0.4) is 0 Å². The molecule has 1 aromatic heterocycles. The van der Waals surface area contributed by atoms with Gasteiger partial charge in [0.1, 0.15) is 0 Å². The van der Waals surface area contributed by atoms with Crippen molar-refractivity contribution in [2.45, 2.75) is 32.7 Å². The molecule has 0 amide bonds. The first kappa shape index (κ1) is 15.0. The van der Waals surface area contributed by atoms with Crippen LogP contribution in [0.1, 0.15) is 21.1 Å². The summed E-state index contributed by atoms with van der Waals surface area (Å²) >= 11 is 1.60. The van der Waals surface area contributed by atoms with E-state index in [0.29, 0.717) is 18.4 Å². The minimum absolute atomic E-state index is 0.184. The number of benzene rings is 1. The Morgan fingerprint density at radius 1 is 1.30 bits per heavy atom. The fourth-order valence-electron chi connectivity index (χ4n) is 2.00. The lowest BCUT2D eigenvalue weighted by molar-refractivity contribution is 0.473. The Hall–Kier alpha value is -1.37. The molecule has 3 nitrogen and oxygen atoms in total. The molecule has 0 saturated carbocycles. The third kappa shape index (κ3) is 3.39. The van der Waals surface area contributed by atoms with E-state index in [-0.39, 0.29) is 6.04 Å². The molecule has 1 unspecified atom stereocenters. The molecule has 1 aromatic carbocycles. The van der Waals surface area contributed by atoms with E-state index in [1.165, 1.54) is 6.07 Å². The molecule has 3 N–H and O–H groups in total. The summed E-state index contributed by atoms with van der Waals surface area (Å²) < 4.78 is 26.8. The SMILES string of the molecule is Cc1nc(CC(Cc2cccc(F)c2F)NN)sc1C. The van der Waals surface area contributed by atoms with Crippen LogP contribution in [-0.2, 0) is 12.8 Å². The van der Waals surface area contributed by atoms with Gasteiger partial charge in [-0.1, -0.05) is 12.1 Å². The van der Waals surface area contributed by atoms with Gasteiger partial charge in [0.05, 0.1) is 10.7 Å². The summed E-state index contributed by atoms with van der Waals surface area (Å²) in [6.07, 6.45) is 0.906. The Bertz CT molecular complexity index is 579. The molecule has 20 heavy (non-hydrogen) atoms. The third-order valence-electron chi connectivity index (χ3n) is 3.23. The van der Waals surface area contributed by atoms with Crippen molar-refractivity contribution in [1.29, 1.82) is 0 Å². The monoisotopic (exact) mass is 297 g/mol. The summed E-state index contributed by atoms with van der Waals surface area (Å²) in [5.74, 6) is 3.87. The molecule has 6 heteroatoms. The van der Waals surface area contributed by atoms with Gasteiger partial charge in [-0.15, -0.1) is 11.3 Å². The molecule has 0 bridgehead atoms. The van der Waals surface area contributed by atoms with E-state index in [2.05, 4.69) is 10.4 Å². The highest BCUT2D eigenvalue weighted by Crippen LogP contribution is 2.20. The highest BCUT2D eigenvalue weighted by Gasteiger charge is 2.16. The Morgan fingerprint density at radius 2 is 2.05 bits per heavy atom. The first-order valence-electron chi connectivity index (χ1n) is 6.33. The molecule has 2 rings (SSSR count). The van der Waals surface area contributed by atoms with E-state index in [4.69, 9.17) is 5.84 Å². The Kier molecular flexibility index (Phi) is 4.80. The fraction of sp³-hybridized carbons (Fsp3) is 0.357. The Labute approximate surface area is 120 Å². The molecule has 0 aliphatic rings. The second-order valence-electron chi connectivity index (χ2n) is 4.73. The average Bonchev–Trinajstić information content (AvgIpc) is 2.73. The second kappa shape index (κ2) is 6.39.